The molecule has 1 aromatic rings. The van der Waals surface area contributed by atoms with Gasteiger partial charge in [0.25, 0.3) is 17.7 Å². The van der Waals surface area contributed by atoms with Crippen LogP contribution in [0.15, 0.2) is 24.3 Å². The van der Waals surface area contributed by atoms with Crippen LogP contribution in [0.2, 0.25) is 0 Å². The minimum absolute atomic E-state index is 0.158. The largest absolute Gasteiger partial charge is 0.496 e. The van der Waals surface area contributed by atoms with Gasteiger partial charge in [0.1, 0.15) is 11.3 Å². The first kappa shape index (κ1) is 20.9. The molecule has 0 unspecified atom stereocenters. The van der Waals surface area contributed by atoms with Crippen LogP contribution in [0.3, 0.4) is 0 Å². The van der Waals surface area contributed by atoms with E-state index in [1.165, 1.54) is 13.2 Å². The zero-order valence-corrected chi connectivity index (χ0v) is 15.7. The second-order valence-corrected chi connectivity index (χ2v) is 6.50. The Morgan fingerprint density at radius 3 is 2.46 bits per heavy atom. The maximum absolute atomic E-state index is 12.1. The van der Waals surface area contributed by atoms with Crippen molar-refractivity contribution in [1.82, 2.24) is 15.5 Å². The lowest BCUT2D eigenvalue weighted by atomic mass is 10.1. The van der Waals surface area contributed by atoms with Gasteiger partial charge in [0.15, 0.2) is 6.61 Å². The Balaban J connectivity index is 1.78. The van der Waals surface area contributed by atoms with Crippen molar-refractivity contribution in [1.29, 1.82) is 0 Å². The van der Waals surface area contributed by atoms with E-state index in [9.17, 15) is 24.0 Å². The fourth-order valence-corrected chi connectivity index (χ4v) is 2.50. The number of methoxy groups -OCH3 is 1. The van der Waals surface area contributed by atoms with Crippen molar-refractivity contribution in [3.63, 3.8) is 0 Å². The van der Waals surface area contributed by atoms with E-state index in [-0.39, 0.29) is 18.5 Å². The molecule has 10 heteroatoms. The van der Waals surface area contributed by atoms with Crippen LogP contribution >= 0.6 is 0 Å². The number of ether oxygens (including phenoxy) is 2. The summed E-state index contributed by atoms with van der Waals surface area (Å²) in [6, 6.07) is 5.73. The number of hydrogen-bond donors (Lipinski definition) is 2. The monoisotopic (exact) mass is 391 g/mol. The highest BCUT2D eigenvalue weighted by Gasteiger charge is 2.44. The van der Waals surface area contributed by atoms with Crippen molar-refractivity contribution in [2.75, 3.05) is 20.3 Å². The third-order valence-corrected chi connectivity index (χ3v) is 3.95. The van der Waals surface area contributed by atoms with Gasteiger partial charge in [0, 0.05) is 6.54 Å². The third-order valence-electron chi connectivity index (χ3n) is 3.95. The normalized spacial score (nSPS) is 15.0. The number of para-hydroxylation sites is 1. The van der Waals surface area contributed by atoms with E-state index in [0.717, 1.165) is 4.90 Å². The van der Waals surface area contributed by atoms with Gasteiger partial charge in [-0.05, 0) is 26.0 Å². The van der Waals surface area contributed by atoms with E-state index in [1.807, 2.05) is 0 Å². The number of nitrogens with zero attached hydrogens (tertiary/aromatic N) is 1. The summed E-state index contributed by atoms with van der Waals surface area (Å²) < 4.78 is 9.81. The number of carbonyl (C=O) groups excluding carboxylic acids is 5. The van der Waals surface area contributed by atoms with E-state index in [0.29, 0.717) is 5.75 Å². The SMILES string of the molecule is COc1ccccc1C(=O)NC(=O)COC(=O)CCN1C(=O)NC(C)(C)C1=O. The summed E-state index contributed by atoms with van der Waals surface area (Å²) in [6.07, 6.45) is -0.275. The van der Waals surface area contributed by atoms with Crippen molar-refractivity contribution in [3.8, 4) is 5.75 Å². The Morgan fingerprint density at radius 2 is 1.86 bits per heavy atom. The highest BCUT2D eigenvalue weighted by molar-refractivity contribution is 6.07. The molecule has 2 rings (SSSR count). The number of imide groups is 2. The van der Waals surface area contributed by atoms with Crippen LogP contribution in [0.5, 0.6) is 5.75 Å². The van der Waals surface area contributed by atoms with Gasteiger partial charge in [0.2, 0.25) is 0 Å². The molecule has 0 spiro atoms. The first-order chi connectivity index (χ1) is 13.2. The molecule has 5 amide bonds. The minimum Gasteiger partial charge on any atom is -0.496 e. The molecule has 1 aliphatic rings. The molecule has 150 valence electrons. The van der Waals surface area contributed by atoms with E-state index >= 15 is 0 Å². The van der Waals surface area contributed by atoms with Crippen LogP contribution in [0, 0.1) is 0 Å². The highest BCUT2D eigenvalue weighted by Crippen LogP contribution is 2.17. The zero-order chi connectivity index (χ0) is 20.9. The first-order valence-corrected chi connectivity index (χ1v) is 8.42. The lowest BCUT2D eigenvalue weighted by Crippen LogP contribution is -2.40. The maximum Gasteiger partial charge on any atom is 0.325 e. The van der Waals surface area contributed by atoms with Crippen molar-refractivity contribution in [2.24, 2.45) is 0 Å². The molecule has 1 heterocycles. The minimum atomic E-state index is -1.03. The van der Waals surface area contributed by atoms with Gasteiger partial charge < -0.3 is 14.8 Å². The van der Waals surface area contributed by atoms with Gasteiger partial charge in [0.05, 0.1) is 19.1 Å². The Labute approximate surface area is 161 Å². The second-order valence-electron chi connectivity index (χ2n) is 6.50. The number of carbonyl (C=O) groups is 5. The molecule has 0 bridgehead atoms. The maximum atomic E-state index is 12.1. The van der Waals surface area contributed by atoms with E-state index in [1.54, 1.807) is 32.0 Å². The molecule has 0 radical (unpaired) electrons. The fourth-order valence-electron chi connectivity index (χ4n) is 2.50. The molecule has 1 saturated heterocycles. The van der Waals surface area contributed by atoms with Crippen molar-refractivity contribution >= 4 is 29.7 Å². The smallest absolute Gasteiger partial charge is 0.325 e. The van der Waals surface area contributed by atoms with Gasteiger partial charge in [-0.25, -0.2) is 4.79 Å². The van der Waals surface area contributed by atoms with Gasteiger partial charge in [-0.3, -0.25) is 29.4 Å². The lowest BCUT2D eigenvalue weighted by molar-refractivity contribution is -0.148. The standard InChI is InChI=1S/C18H21N3O7/c1-18(2)16(25)21(17(26)20-18)9-8-14(23)28-10-13(22)19-15(24)11-6-4-5-7-12(11)27-3/h4-7H,8-10H2,1-3H3,(H,20,26)(H,19,22,24). The molecule has 0 aliphatic carbocycles. The van der Waals surface area contributed by atoms with Gasteiger partial charge in [-0.2, -0.15) is 0 Å². The van der Waals surface area contributed by atoms with E-state index in [4.69, 9.17) is 9.47 Å². The van der Waals surface area contributed by atoms with Crippen molar-refractivity contribution in [3.05, 3.63) is 29.8 Å². The van der Waals surface area contributed by atoms with Gasteiger partial charge in [-0.15, -0.1) is 0 Å². The van der Waals surface area contributed by atoms with E-state index < -0.39 is 41.9 Å². The topological polar surface area (TPSA) is 131 Å². The van der Waals surface area contributed by atoms with Crippen LogP contribution in [0.1, 0.15) is 30.6 Å². The molecule has 0 saturated carbocycles. The Kier molecular flexibility index (Phi) is 6.34. The molecule has 2 N–H and O–H groups in total. The Morgan fingerprint density at radius 1 is 1.18 bits per heavy atom. The number of amides is 5. The van der Waals surface area contributed by atoms with Crippen LogP contribution in [-0.4, -0.2) is 60.4 Å². The molecule has 1 fully saturated rings. The molecule has 0 atom stereocenters. The van der Waals surface area contributed by atoms with Crippen molar-refractivity contribution in [2.45, 2.75) is 25.8 Å². The molecule has 1 aromatic carbocycles. The summed E-state index contributed by atoms with van der Waals surface area (Å²) in [5.41, 5.74) is -0.870. The predicted octanol–water partition coefficient (Wildman–Crippen LogP) is 0.215. The van der Waals surface area contributed by atoms with Crippen LogP contribution < -0.4 is 15.4 Å². The third kappa shape index (κ3) is 4.84. The predicted molar refractivity (Wildman–Crippen MR) is 95.4 cm³/mol. The first-order valence-electron chi connectivity index (χ1n) is 8.42. The average molecular weight is 391 g/mol. The lowest BCUT2D eigenvalue weighted by Gasteiger charge is -2.15. The Bertz CT molecular complexity index is 819. The summed E-state index contributed by atoms with van der Waals surface area (Å²) in [5.74, 6) is -2.46. The highest BCUT2D eigenvalue weighted by atomic mass is 16.5. The molecule has 0 aromatic heterocycles. The second kappa shape index (κ2) is 8.51. The van der Waals surface area contributed by atoms with E-state index in [2.05, 4.69) is 10.6 Å². The van der Waals surface area contributed by atoms with Crippen LogP contribution in [0.4, 0.5) is 4.79 Å². The van der Waals surface area contributed by atoms with Gasteiger partial charge >= 0.3 is 12.0 Å². The Hall–Kier alpha value is -3.43. The molecule has 10 nitrogen and oxygen atoms in total. The average Bonchev–Trinajstić information content (AvgIpc) is 2.85. The summed E-state index contributed by atoms with van der Waals surface area (Å²) in [4.78, 5) is 60.3. The summed E-state index contributed by atoms with van der Waals surface area (Å²) in [7, 11) is 1.39. The van der Waals surface area contributed by atoms with Gasteiger partial charge in [-0.1, -0.05) is 12.1 Å². The number of esters is 1. The molecule has 1 aliphatic heterocycles. The number of benzene rings is 1. The molecular weight excluding hydrogens is 370 g/mol. The number of urea groups is 1. The van der Waals surface area contributed by atoms with Crippen molar-refractivity contribution < 1.29 is 33.4 Å². The zero-order valence-electron chi connectivity index (χ0n) is 15.7. The quantitative estimate of drug-likeness (QED) is 0.502. The summed E-state index contributed by atoms with van der Waals surface area (Å²) >= 11 is 0. The number of rotatable bonds is 7. The van der Waals surface area contributed by atoms with Crippen LogP contribution in [0.25, 0.3) is 0 Å². The number of hydrogen-bond acceptors (Lipinski definition) is 7. The number of nitrogens with one attached hydrogen (secondary N) is 2. The molecule has 28 heavy (non-hydrogen) atoms. The van der Waals surface area contributed by atoms with Crippen LogP contribution in [-0.2, 0) is 19.1 Å². The summed E-state index contributed by atoms with van der Waals surface area (Å²) in [5, 5.41) is 4.57. The fraction of sp³-hybridized carbons (Fsp3) is 0.389. The summed E-state index contributed by atoms with van der Waals surface area (Å²) in [6.45, 7) is 2.25. The molecular formula is C18H21N3O7.